The number of sulfone groups is 1. The van der Waals surface area contributed by atoms with Gasteiger partial charge in [0.1, 0.15) is 6.04 Å². The third-order valence-corrected chi connectivity index (χ3v) is 4.92. The zero-order valence-electron chi connectivity index (χ0n) is 11.0. The van der Waals surface area contributed by atoms with Gasteiger partial charge in [0.05, 0.1) is 10.6 Å². The van der Waals surface area contributed by atoms with Gasteiger partial charge in [-0.2, -0.15) is 0 Å². The van der Waals surface area contributed by atoms with Crippen molar-refractivity contribution >= 4 is 27.3 Å². The molecule has 0 bridgehead atoms. The van der Waals surface area contributed by atoms with Crippen molar-refractivity contribution in [2.24, 2.45) is 0 Å². The first-order valence-electron chi connectivity index (χ1n) is 6.35. The Labute approximate surface area is 117 Å². The fourth-order valence-electron chi connectivity index (χ4n) is 1.96. The van der Waals surface area contributed by atoms with Gasteiger partial charge < -0.3 is 5.32 Å². The zero-order valence-corrected chi connectivity index (χ0v) is 11.9. The summed E-state index contributed by atoms with van der Waals surface area (Å²) >= 11 is 0. The molecule has 0 radical (unpaired) electrons. The van der Waals surface area contributed by atoms with Crippen LogP contribution in [0.3, 0.4) is 0 Å². The number of nitrogens with one attached hydrogen (secondary N) is 2. The molecule has 1 unspecified atom stereocenters. The van der Waals surface area contributed by atoms with Gasteiger partial charge >= 0.3 is 0 Å². The van der Waals surface area contributed by atoms with Crippen LogP contribution in [0.4, 0.5) is 5.69 Å². The predicted molar refractivity (Wildman–Crippen MR) is 74.0 cm³/mol. The van der Waals surface area contributed by atoms with Gasteiger partial charge in [0, 0.05) is 12.1 Å². The Morgan fingerprint density at radius 1 is 1.25 bits per heavy atom. The van der Waals surface area contributed by atoms with Crippen molar-refractivity contribution in [3.63, 3.8) is 0 Å². The summed E-state index contributed by atoms with van der Waals surface area (Å²) in [6.07, 6.45) is 0.728. The summed E-state index contributed by atoms with van der Waals surface area (Å²) in [7, 11) is -3.22. The maximum Gasteiger partial charge on any atom is 0.249 e. The normalized spacial score (nSPS) is 19.6. The lowest BCUT2D eigenvalue weighted by atomic mass is 10.1. The van der Waals surface area contributed by atoms with Crippen molar-refractivity contribution in [1.82, 2.24) is 5.32 Å². The van der Waals surface area contributed by atoms with Gasteiger partial charge in [-0.25, -0.2) is 8.42 Å². The number of hydrogen-bond acceptors (Lipinski definition) is 5. The molecule has 1 fully saturated rings. The SMILES string of the molecule is CCS(=O)(=O)c1ccc(NC2CCC(=O)NC2=O)cc1. The molecule has 2 amide bonds. The van der Waals surface area contributed by atoms with Gasteiger partial charge in [-0.3, -0.25) is 14.9 Å². The fourth-order valence-corrected chi connectivity index (χ4v) is 2.84. The maximum absolute atomic E-state index is 11.7. The number of hydrogen-bond donors (Lipinski definition) is 2. The fraction of sp³-hybridized carbons (Fsp3) is 0.385. The van der Waals surface area contributed by atoms with E-state index in [0.29, 0.717) is 18.5 Å². The molecule has 1 aliphatic rings. The third-order valence-electron chi connectivity index (χ3n) is 3.17. The van der Waals surface area contributed by atoms with Gasteiger partial charge in [0.2, 0.25) is 11.8 Å². The van der Waals surface area contributed by atoms with Crippen molar-refractivity contribution in [3.05, 3.63) is 24.3 Å². The quantitative estimate of drug-likeness (QED) is 0.798. The minimum absolute atomic E-state index is 0.0485. The Balaban J connectivity index is 2.08. The second-order valence-corrected chi connectivity index (χ2v) is 6.85. The van der Waals surface area contributed by atoms with E-state index >= 15 is 0 Å². The van der Waals surface area contributed by atoms with Crippen LogP contribution in [0.2, 0.25) is 0 Å². The minimum atomic E-state index is -3.22. The van der Waals surface area contributed by atoms with Crippen LogP contribution in [0.5, 0.6) is 0 Å². The van der Waals surface area contributed by atoms with E-state index in [1.807, 2.05) is 0 Å². The highest BCUT2D eigenvalue weighted by Gasteiger charge is 2.26. The molecular formula is C13H16N2O4S. The van der Waals surface area contributed by atoms with E-state index in [0.717, 1.165) is 0 Å². The molecule has 1 aromatic carbocycles. The van der Waals surface area contributed by atoms with Crippen LogP contribution in [0.15, 0.2) is 29.2 Å². The third kappa shape index (κ3) is 3.16. The summed E-state index contributed by atoms with van der Waals surface area (Å²) in [6.45, 7) is 1.59. The van der Waals surface area contributed by atoms with Gasteiger partial charge in [-0.1, -0.05) is 6.92 Å². The molecule has 2 N–H and O–H groups in total. The number of piperidine rings is 1. The average molecular weight is 296 g/mol. The number of imide groups is 1. The van der Waals surface area contributed by atoms with Crippen LogP contribution in [-0.4, -0.2) is 32.0 Å². The van der Waals surface area contributed by atoms with E-state index in [-0.39, 0.29) is 22.5 Å². The lowest BCUT2D eigenvalue weighted by molar-refractivity contribution is -0.133. The summed E-state index contributed by atoms with van der Waals surface area (Å²) in [6, 6.07) is 5.78. The number of rotatable bonds is 4. The first-order valence-corrected chi connectivity index (χ1v) is 8.00. The highest BCUT2D eigenvalue weighted by molar-refractivity contribution is 7.91. The van der Waals surface area contributed by atoms with E-state index in [1.165, 1.54) is 12.1 Å². The van der Waals surface area contributed by atoms with Crippen LogP contribution in [0.1, 0.15) is 19.8 Å². The number of carbonyl (C=O) groups excluding carboxylic acids is 2. The first kappa shape index (κ1) is 14.5. The van der Waals surface area contributed by atoms with Crippen LogP contribution < -0.4 is 10.6 Å². The molecular weight excluding hydrogens is 280 g/mol. The highest BCUT2D eigenvalue weighted by atomic mass is 32.2. The molecule has 0 spiro atoms. The molecule has 6 nitrogen and oxygen atoms in total. The summed E-state index contributed by atoms with van der Waals surface area (Å²) in [5.41, 5.74) is 0.648. The zero-order chi connectivity index (χ0) is 14.8. The maximum atomic E-state index is 11.7. The number of amides is 2. The van der Waals surface area contributed by atoms with E-state index in [1.54, 1.807) is 19.1 Å². The van der Waals surface area contributed by atoms with Crippen molar-refractivity contribution < 1.29 is 18.0 Å². The van der Waals surface area contributed by atoms with Crippen molar-refractivity contribution in [3.8, 4) is 0 Å². The lowest BCUT2D eigenvalue weighted by Crippen LogP contribution is -2.47. The minimum Gasteiger partial charge on any atom is -0.374 e. The van der Waals surface area contributed by atoms with Crippen LogP contribution in [0.25, 0.3) is 0 Å². The molecule has 1 aromatic rings. The standard InChI is InChI=1S/C13H16N2O4S/c1-2-20(18,19)10-5-3-9(4-6-10)14-11-7-8-12(16)15-13(11)17/h3-6,11,14H,2,7-8H2,1H3,(H,15,16,17). The first-order chi connectivity index (χ1) is 9.42. The summed E-state index contributed by atoms with van der Waals surface area (Å²) in [5, 5.41) is 5.25. The Hall–Kier alpha value is -1.89. The largest absolute Gasteiger partial charge is 0.374 e. The van der Waals surface area contributed by atoms with Gasteiger partial charge in [0.25, 0.3) is 0 Å². The summed E-state index contributed by atoms with van der Waals surface area (Å²) in [4.78, 5) is 22.9. The predicted octanol–water partition coefficient (Wildman–Crippen LogP) is 0.697. The van der Waals surface area contributed by atoms with Gasteiger partial charge in [-0.15, -0.1) is 0 Å². The Kier molecular flexibility index (Phi) is 4.08. The van der Waals surface area contributed by atoms with Crippen molar-refractivity contribution in [2.45, 2.75) is 30.7 Å². The Morgan fingerprint density at radius 3 is 2.45 bits per heavy atom. The lowest BCUT2D eigenvalue weighted by Gasteiger charge is -2.22. The average Bonchev–Trinajstić information content (AvgIpc) is 2.42. The molecule has 1 aliphatic heterocycles. The molecule has 108 valence electrons. The summed E-state index contributed by atoms with van der Waals surface area (Å²) < 4.78 is 23.3. The molecule has 7 heteroatoms. The Bertz CT molecular complexity index is 622. The molecule has 0 aromatic heterocycles. The van der Waals surface area contributed by atoms with Gasteiger partial charge in [0.15, 0.2) is 9.84 Å². The second kappa shape index (κ2) is 5.62. The van der Waals surface area contributed by atoms with E-state index in [4.69, 9.17) is 0 Å². The molecule has 1 heterocycles. The molecule has 2 rings (SSSR count). The topological polar surface area (TPSA) is 92.3 Å². The van der Waals surface area contributed by atoms with Crippen LogP contribution in [-0.2, 0) is 19.4 Å². The van der Waals surface area contributed by atoms with E-state index < -0.39 is 15.9 Å². The van der Waals surface area contributed by atoms with E-state index in [2.05, 4.69) is 10.6 Å². The molecule has 0 aliphatic carbocycles. The van der Waals surface area contributed by atoms with E-state index in [9.17, 15) is 18.0 Å². The molecule has 0 saturated carbocycles. The number of benzene rings is 1. The summed E-state index contributed by atoms with van der Waals surface area (Å²) in [5.74, 6) is -0.573. The smallest absolute Gasteiger partial charge is 0.249 e. The highest BCUT2D eigenvalue weighted by Crippen LogP contribution is 2.18. The number of anilines is 1. The van der Waals surface area contributed by atoms with Crippen molar-refractivity contribution in [1.29, 1.82) is 0 Å². The Morgan fingerprint density at radius 2 is 1.90 bits per heavy atom. The van der Waals surface area contributed by atoms with Crippen LogP contribution in [0, 0.1) is 0 Å². The monoisotopic (exact) mass is 296 g/mol. The number of carbonyl (C=O) groups is 2. The van der Waals surface area contributed by atoms with Crippen molar-refractivity contribution in [2.75, 3.05) is 11.1 Å². The van der Waals surface area contributed by atoms with Crippen LogP contribution >= 0.6 is 0 Å². The molecule has 1 atom stereocenters. The molecule has 20 heavy (non-hydrogen) atoms. The second-order valence-electron chi connectivity index (χ2n) is 4.58. The van der Waals surface area contributed by atoms with Gasteiger partial charge in [-0.05, 0) is 30.7 Å². The molecule has 1 saturated heterocycles.